The van der Waals surface area contributed by atoms with Gasteiger partial charge in [-0.05, 0) is 26.2 Å². The van der Waals surface area contributed by atoms with Gasteiger partial charge in [0, 0.05) is 24.9 Å². The summed E-state index contributed by atoms with van der Waals surface area (Å²) in [4.78, 5) is 23.2. The van der Waals surface area contributed by atoms with Crippen LogP contribution in [0.4, 0.5) is 0 Å². The number of hydrogen-bond acceptors (Lipinski definition) is 4. The molecular weight excluding hydrogens is 206 g/mol. The van der Waals surface area contributed by atoms with Gasteiger partial charge in [0.1, 0.15) is 5.78 Å². The number of hydrogen-bond donors (Lipinski definition) is 1. The van der Waals surface area contributed by atoms with Crippen molar-refractivity contribution in [2.75, 3.05) is 6.61 Å². The van der Waals surface area contributed by atoms with Gasteiger partial charge in [0.15, 0.2) is 0 Å². The summed E-state index contributed by atoms with van der Waals surface area (Å²) in [5.74, 6) is 0.218. The van der Waals surface area contributed by atoms with Crippen LogP contribution >= 0.6 is 0 Å². The minimum atomic E-state index is -0.0932. The maximum Gasteiger partial charge on any atom is 0.308 e. The number of Topliss-reactive ketones (excluding diaryl/α,β-unsaturated/α-hetero) is 1. The Balaban J connectivity index is 1.99. The van der Waals surface area contributed by atoms with Gasteiger partial charge < -0.3 is 10.1 Å². The molecule has 90 valence electrons. The van der Waals surface area contributed by atoms with Gasteiger partial charge in [-0.3, -0.25) is 9.59 Å². The van der Waals surface area contributed by atoms with Gasteiger partial charge >= 0.3 is 5.97 Å². The largest absolute Gasteiger partial charge is 0.466 e. The summed E-state index contributed by atoms with van der Waals surface area (Å²) in [6.07, 6.45) is 3.71. The van der Waals surface area contributed by atoms with Crippen molar-refractivity contribution >= 4 is 11.8 Å². The van der Waals surface area contributed by atoms with E-state index in [4.69, 9.17) is 4.74 Å². The van der Waals surface area contributed by atoms with E-state index in [1.54, 1.807) is 0 Å². The lowest BCUT2D eigenvalue weighted by molar-refractivity contribution is -0.148. The molecular formula is C12H19NO3. The quantitative estimate of drug-likeness (QED) is 0.713. The Labute approximate surface area is 95.7 Å². The fourth-order valence-electron chi connectivity index (χ4n) is 2.76. The van der Waals surface area contributed by atoms with E-state index >= 15 is 0 Å². The molecule has 0 amide bonds. The molecule has 2 bridgehead atoms. The van der Waals surface area contributed by atoms with E-state index in [1.165, 1.54) is 0 Å². The molecule has 2 aliphatic heterocycles. The summed E-state index contributed by atoms with van der Waals surface area (Å²) in [6, 6.07) is 0.467. The van der Waals surface area contributed by atoms with Crippen LogP contribution in [0.3, 0.4) is 0 Å². The average molecular weight is 225 g/mol. The first-order valence-corrected chi connectivity index (χ1v) is 6.13. The van der Waals surface area contributed by atoms with Crippen LogP contribution in [0.2, 0.25) is 0 Å². The van der Waals surface area contributed by atoms with Gasteiger partial charge in [-0.25, -0.2) is 0 Å². The van der Waals surface area contributed by atoms with E-state index in [0.29, 0.717) is 25.2 Å². The zero-order chi connectivity index (χ0) is 11.5. The van der Waals surface area contributed by atoms with E-state index in [1.807, 2.05) is 6.92 Å². The van der Waals surface area contributed by atoms with Gasteiger partial charge in [-0.2, -0.15) is 0 Å². The minimum Gasteiger partial charge on any atom is -0.466 e. The summed E-state index contributed by atoms with van der Waals surface area (Å²) in [6.45, 7) is 2.27. The molecule has 1 N–H and O–H groups in total. The monoisotopic (exact) mass is 225 g/mol. The summed E-state index contributed by atoms with van der Waals surface area (Å²) in [5.41, 5.74) is 0. The first-order chi connectivity index (χ1) is 7.69. The van der Waals surface area contributed by atoms with Crippen molar-refractivity contribution in [3.63, 3.8) is 0 Å². The molecule has 4 heteroatoms. The molecule has 0 aromatic heterocycles. The van der Waals surface area contributed by atoms with Crippen molar-refractivity contribution in [3.05, 3.63) is 0 Å². The fourth-order valence-corrected chi connectivity index (χ4v) is 2.76. The number of carbonyl (C=O) groups excluding carboxylic acids is 2. The average Bonchev–Trinajstić information content (AvgIpc) is 2.37. The molecule has 2 heterocycles. The molecule has 4 nitrogen and oxygen atoms in total. The molecule has 0 spiro atoms. The molecule has 0 aromatic carbocycles. The van der Waals surface area contributed by atoms with Crippen molar-refractivity contribution in [2.24, 2.45) is 5.92 Å². The Morgan fingerprint density at radius 2 is 2.12 bits per heavy atom. The van der Waals surface area contributed by atoms with Crippen molar-refractivity contribution in [2.45, 2.75) is 51.1 Å². The highest BCUT2D eigenvalue weighted by Gasteiger charge is 2.34. The first-order valence-electron chi connectivity index (χ1n) is 6.13. The van der Waals surface area contributed by atoms with Crippen molar-refractivity contribution in [1.82, 2.24) is 5.32 Å². The van der Waals surface area contributed by atoms with Crippen LogP contribution in [0, 0.1) is 5.92 Å². The van der Waals surface area contributed by atoms with Gasteiger partial charge in [-0.15, -0.1) is 0 Å². The molecule has 16 heavy (non-hydrogen) atoms. The molecule has 0 aliphatic carbocycles. The summed E-state index contributed by atoms with van der Waals surface area (Å²) >= 11 is 0. The summed E-state index contributed by atoms with van der Waals surface area (Å²) < 4.78 is 5.06. The molecule has 0 aromatic rings. The second-order valence-corrected chi connectivity index (χ2v) is 4.77. The molecule has 2 aliphatic rings. The fraction of sp³-hybridized carbons (Fsp3) is 0.833. The van der Waals surface area contributed by atoms with Gasteiger partial charge in [-0.1, -0.05) is 0 Å². The van der Waals surface area contributed by atoms with Crippen LogP contribution < -0.4 is 5.32 Å². The molecule has 3 atom stereocenters. The Bertz CT molecular complexity index is 290. The first kappa shape index (κ1) is 11.6. The number of carbonyl (C=O) groups is 2. The number of piperidine rings is 1. The Morgan fingerprint density at radius 1 is 1.38 bits per heavy atom. The Kier molecular flexibility index (Phi) is 3.59. The van der Waals surface area contributed by atoms with Gasteiger partial charge in [0.25, 0.3) is 0 Å². The van der Waals surface area contributed by atoms with E-state index < -0.39 is 0 Å². The lowest BCUT2D eigenvalue weighted by Crippen LogP contribution is -2.44. The number of fused-ring (bicyclic) bond motifs is 2. The SMILES string of the molecule is CCOC(=O)C1CCC2CC(=O)CC(C1)N2. The minimum absolute atomic E-state index is 0.0200. The van der Waals surface area contributed by atoms with Crippen LogP contribution in [0.15, 0.2) is 0 Å². The Morgan fingerprint density at radius 3 is 2.88 bits per heavy atom. The second-order valence-electron chi connectivity index (χ2n) is 4.77. The van der Waals surface area contributed by atoms with Crippen molar-refractivity contribution in [3.8, 4) is 0 Å². The lowest BCUT2D eigenvalue weighted by Gasteiger charge is -2.27. The lowest BCUT2D eigenvalue weighted by atomic mass is 9.94. The third kappa shape index (κ3) is 2.61. The second kappa shape index (κ2) is 4.95. The van der Waals surface area contributed by atoms with E-state index in [2.05, 4.69) is 5.32 Å². The number of rotatable bonds is 2. The predicted octanol–water partition coefficient (Wildman–Crippen LogP) is 1.04. The topological polar surface area (TPSA) is 55.4 Å². The molecule has 0 radical (unpaired) electrons. The summed E-state index contributed by atoms with van der Waals surface area (Å²) in [7, 11) is 0. The normalized spacial score (nSPS) is 34.3. The maximum atomic E-state index is 11.7. The van der Waals surface area contributed by atoms with Crippen LogP contribution in [-0.2, 0) is 14.3 Å². The third-order valence-electron chi connectivity index (χ3n) is 3.47. The van der Waals surface area contributed by atoms with Crippen LogP contribution in [0.5, 0.6) is 0 Å². The molecule has 2 saturated heterocycles. The highest BCUT2D eigenvalue weighted by atomic mass is 16.5. The van der Waals surface area contributed by atoms with Crippen LogP contribution in [0.1, 0.15) is 39.0 Å². The molecule has 3 unspecified atom stereocenters. The van der Waals surface area contributed by atoms with Crippen LogP contribution in [-0.4, -0.2) is 30.4 Å². The number of nitrogens with one attached hydrogen (secondary N) is 1. The highest BCUT2D eigenvalue weighted by Crippen LogP contribution is 2.27. The third-order valence-corrected chi connectivity index (χ3v) is 3.47. The van der Waals surface area contributed by atoms with E-state index in [9.17, 15) is 9.59 Å². The molecule has 0 saturated carbocycles. The zero-order valence-electron chi connectivity index (χ0n) is 9.70. The smallest absolute Gasteiger partial charge is 0.308 e. The standard InChI is InChI=1S/C12H19NO3/c1-2-16-12(15)8-3-4-9-6-11(14)7-10(5-8)13-9/h8-10,13H,2-7H2,1H3. The zero-order valence-corrected chi connectivity index (χ0v) is 9.70. The van der Waals surface area contributed by atoms with Crippen molar-refractivity contribution < 1.29 is 14.3 Å². The number of ketones is 1. The van der Waals surface area contributed by atoms with Crippen molar-refractivity contribution in [1.29, 1.82) is 0 Å². The number of ether oxygens (including phenoxy) is 1. The van der Waals surface area contributed by atoms with E-state index in [-0.39, 0.29) is 24.0 Å². The van der Waals surface area contributed by atoms with Crippen LogP contribution in [0.25, 0.3) is 0 Å². The van der Waals surface area contributed by atoms with Gasteiger partial charge in [0.05, 0.1) is 12.5 Å². The number of esters is 1. The highest BCUT2D eigenvalue weighted by molar-refractivity contribution is 5.81. The molecule has 2 rings (SSSR count). The van der Waals surface area contributed by atoms with E-state index in [0.717, 1.165) is 19.3 Å². The Hall–Kier alpha value is -0.900. The molecule has 2 fully saturated rings. The van der Waals surface area contributed by atoms with Gasteiger partial charge in [0.2, 0.25) is 0 Å². The maximum absolute atomic E-state index is 11.7. The predicted molar refractivity (Wildman–Crippen MR) is 58.9 cm³/mol. The summed E-state index contributed by atoms with van der Waals surface area (Å²) in [5, 5.41) is 3.44.